The summed E-state index contributed by atoms with van der Waals surface area (Å²) in [6.45, 7) is 1.41. The summed E-state index contributed by atoms with van der Waals surface area (Å²) >= 11 is 0. The van der Waals surface area contributed by atoms with Gasteiger partial charge in [0, 0.05) is 36.5 Å². The van der Waals surface area contributed by atoms with Crippen LogP contribution in [-0.2, 0) is 19.6 Å². The maximum atomic E-state index is 11.8. The van der Waals surface area contributed by atoms with Gasteiger partial charge in [-0.25, -0.2) is 13.1 Å². The molecule has 1 saturated heterocycles. The molecule has 2 aliphatic rings. The third-order valence-corrected chi connectivity index (χ3v) is 5.33. The Kier molecular flexibility index (Phi) is 6.24. The Bertz CT molecular complexity index is 928. The molecule has 8 nitrogen and oxygen atoms in total. The minimum atomic E-state index is -4.64. The fourth-order valence-electron chi connectivity index (χ4n) is 2.75. The number of nitrogens with one attached hydrogen (secondary N) is 1. The number of rotatable bonds is 3. The second kappa shape index (κ2) is 8.10. The van der Waals surface area contributed by atoms with E-state index in [-0.39, 0.29) is 10.9 Å². The number of anilines is 1. The quantitative estimate of drug-likeness (QED) is 0.687. The molecule has 2 aliphatic heterocycles. The molecular weight excluding hydrogens is 403 g/mol. The van der Waals surface area contributed by atoms with E-state index >= 15 is 0 Å². The number of hydrogen-bond acceptors (Lipinski definition) is 7. The molecule has 1 aromatic carbocycles. The molecule has 1 fully saturated rings. The molecule has 1 aromatic rings. The van der Waals surface area contributed by atoms with Crippen molar-refractivity contribution in [3.05, 3.63) is 35.4 Å². The van der Waals surface area contributed by atoms with E-state index in [9.17, 15) is 31.2 Å². The van der Waals surface area contributed by atoms with E-state index in [1.165, 1.54) is 6.07 Å². The summed E-state index contributed by atoms with van der Waals surface area (Å²) in [5, 5.41) is 0. The number of aldehydes is 2. The zero-order valence-electron chi connectivity index (χ0n) is 14.3. The molecule has 3 N–H and O–H groups in total. The van der Waals surface area contributed by atoms with Crippen LogP contribution in [0.1, 0.15) is 22.3 Å². The third kappa shape index (κ3) is 5.16. The van der Waals surface area contributed by atoms with Crippen LogP contribution in [0.3, 0.4) is 0 Å². The van der Waals surface area contributed by atoms with Crippen molar-refractivity contribution in [3.63, 3.8) is 0 Å². The lowest BCUT2D eigenvalue weighted by molar-refractivity contribution is -0.156. The highest BCUT2D eigenvalue weighted by Crippen LogP contribution is 2.30. The number of hydrogen-bond donors (Lipinski definition) is 2. The minimum absolute atomic E-state index is 0.0684. The van der Waals surface area contributed by atoms with E-state index in [1.807, 2.05) is 9.62 Å². The van der Waals surface area contributed by atoms with Gasteiger partial charge in [-0.05, 0) is 24.1 Å². The number of amides is 1. The Balaban J connectivity index is 0.000000409. The summed E-state index contributed by atoms with van der Waals surface area (Å²) in [7, 11) is -3.84. The summed E-state index contributed by atoms with van der Waals surface area (Å²) in [6, 6.07) is 4.83. The van der Waals surface area contributed by atoms with Crippen LogP contribution in [0.25, 0.3) is 4.91 Å². The highest BCUT2D eigenvalue weighted by molar-refractivity contribution is 7.99. The van der Waals surface area contributed by atoms with Crippen molar-refractivity contribution in [1.82, 2.24) is 4.72 Å². The van der Waals surface area contributed by atoms with Crippen LogP contribution in [0.15, 0.2) is 24.3 Å². The van der Waals surface area contributed by atoms with Crippen LogP contribution in [0.4, 0.5) is 18.9 Å². The molecule has 0 saturated carbocycles. The molecule has 0 aromatic heterocycles. The number of nitrogens with zero attached hydrogens (tertiary/aromatic N) is 1. The number of sulfonamides is 1. The SMILES string of the molecule is N[C@@H]1CCN(c2ccc(C3=CC(=O)NS3(=O)=O)cc2C=O)C1.O=CC(F)(F)F. The van der Waals surface area contributed by atoms with Crippen molar-refractivity contribution in [1.29, 1.82) is 0 Å². The van der Waals surface area contributed by atoms with E-state index < -0.39 is 28.4 Å². The van der Waals surface area contributed by atoms with Crippen LogP contribution in [0, 0.1) is 0 Å². The molecule has 152 valence electrons. The standard InChI is InChI=1S/C14H15N3O4S.C2HF3O/c15-11-3-4-17(7-11)12-2-1-9(5-10(12)8-18)13-6-14(19)16-22(13,20)21;3-2(4,5)1-6/h1-2,5-6,8,11H,3-4,7,15H2,(H,16,19);1H/t11-;/m1./s1. The fourth-order valence-corrected chi connectivity index (χ4v) is 3.88. The lowest BCUT2D eigenvalue weighted by Gasteiger charge is -2.20. The van der Waals surface area contributed by atoms with Crippen molar-refractivity contribution < 1.29 is 36.0 Å². The van der Waals surface area contributed by atoms with Gasteiger partial charge in [-0.1, -0.05) is 6.07 Å². The molecule has 0 bridgehead atoms. The molecule has 12 heteroatoms. The first kappa shape index (κ1) is 21.6. The number of benzene rings is 1. The summed E-state index contributed by atoms with van der Waals surface area (Å²) in [5.41, 5.74) is 7.28. The van der Waals surface area contributed by atoms with Gasteiger partial charge in [0.2, 0.25) is 6.29 Å². The van der Waals surface area contributed by atoms with E-state index in [1.54, 1.807) is 12.1 Å². The molecular formula is C16H16F3N3O5S. The maximum Gasteiger partial charge on any atom is 0.446 e. The van der Waals surface area contributed by atoms with Crippen molar-refractivity contribution >= 4 is 39.1 Å². The second-order valence-electron chi connectivity index (χ2n) is 6.02. The average Bonchev–Trinajstić information content (AvgIpc) is 3.16. The molecule has 1 amide bonds. The average molecular weight is 419 g/mol. The number of alkyl halides is 3. The molecule has 0 spiro atoms. The number of carbonyl (C=O) groups excluding carboxylic acids is 3. The highest BCUT2D eigenvalue weighted by Gasteiger charge is 2.30. The predicted molar refractivity (Wildman–Crippen MR) is 93.8 cm³/mol. The Labute approximate surface area is 158 Å². The Hall–Kier alpha value is -2.73. The van der Waals surface area contributed by atoms with Crippen LogP contribution in [0.5, 0.6) is 0 Å². The van der Waals surface area contributed by atoms with Gasteiger partial charge in [0.15, 0.2) is 6.29 Å². The molecule has 2 heterocycles. The lowest BCUT2D eigenvalue weighted by atomic mass is 10.1. The van der Waals surface area contributed by atoms with E-state index in [2.05, 4.69) is 0 Å². The van der Waals surface area contributed by atoms with E-state index in [0.29, 0.717) is 24.0 Å². The van der Waals surface area contributed by atoms with Gasteiger partial charge in [-0.3, -0.25) is 14.4 Å². The van der Waals surface area contributed by atoms with Gasteiger partial charge in [0.05, 0.1) is 0 Å². The molecule has 0 radical (unpaired) electrons. The fraction of sp³-hybridized carbons (Fsp3) is 0.312. The topological polar surface area (TPSA) is 127 Å². The molecule has 1 atom stereocenters. The van der Waals surface area contributed by atoms with Gasteiger partial charge in [-0.15, -0.1) is 0 Å². The first-order valence-corrected chi connectivity index (χ1v) is 9.37. The van der Waals surface area contributed by atoms with Gasteiger partial charge in [-0.2, -0.15) is 13.2 Å². The van der Waals surface area contributed by atoms with Crippen molar-refractivity contribution in [2.75, 3.05) is 18.0 Å². The molecule has 0 unspecified atom stereocenters. The Morgan fingerprint density at radius 3 is 2.32 bits per heavy atom. The second-order valence-corrected chi connectivity index (χ2v) is 7.67. The van der Waals surface area contributed by atoms with Crippen molar-refractivity contribution in [2.24, 2.45) is 5.73 Å². The smallest absolute Gasteiger partial charge is 0.369 e. The van der Waals surface area contributed by atoms with Gasteiger partial charge < -0.3 is 10.6 Å². The summed E-state index contributed by atoms with van der Waals surface area (Å²) in [5.74, 6) is -0.683. The predicted octanol–water partition coefficient (Wildman–Crippen LogP) is 0.585. The van der Waals surface area contributed by atoms with E-state index in [4.69, 9.17) is 10.5 Å². The van der Waals surface area contributed by atoms with E-state index in [0.717, 1.165) is 24.7 Å². The molecule has 28 heavy (non-hydrogen) atoms. The largest absolute Gasteiger partial charge is 0.446 e. The Morgan fingerprint density at radius 2 is 1.89 bits per heavy atom. The first-order chi connectivity index (χ1) is 13.0. The van der Waals surface area contributed by atoms with Crippen LogP contribution < -0.4 is 15.4 Å². The molecule has 0 aliphatic carbocycles. The van der Waals surface area contributed by atoms with Crippen LogP contribution >= 0.6 is 0 Å². The zero-order valence-corrected chi connectivity index (χ0v) is 15.1. The number of nitrogens with two attached hydrogens (primary N) is 1. The zero-order chi connectivity index (χ0) is 21.1. The minimum Gasteiger partial charge on any atom is -0.369 e. The maximum absolute atomic E-state index is 11.8. The summed E-state index contributed by atoms with van der Waals surface area (Å²) < 4.78 is 56.8. The van der Waals surface area contributed by atoms with Gasteiger partial charge in [0.1, 0.15) is 4.91 Å². The first-order valence-electron chi connectivity index (χ1n) is 7.88. The summed E-state index contributed by atoms with van der Waals surface area (Å²) in [6.07, 6.45) is -3.16. The molecule has 3 rings (SSSR count). The highest BCUT2D eigenvalue weighted by atomic mass is 32.2. The lowest BCUT2D eigenvalue weighted by Crippen LogP contribution is -2.27. The summed E-state index contributed by atoms with van der Waals surface area (Å²) in [4.78, 5) is 33.2. The number of halogens is 3. The van der Waals surface area contributed by atoms with Gasteiger partial charge >= 0.3 is 6.18 Å². The van der Waals surface area contributed by atoms with Crippen LogP contribution in [0.2, 0.25) is 0 Å². The number of carbonyl (C=O) groups is 3. The van der Waals surface area contributed by atoms with Crippen molar-refractivity contribution in [2.45, 2.75) is 18.6 Å². The monoisotopic (exact) mass is 419 g/mol. The Morgan fingerprint density at radius 1 is 1.25 bits per heavy atom. The third-order valence-electron chi connectivity index (χ3n) is 3.92. The van der Waals surface area contributed by atoms with Crippen LogP contribution in [-0.4, -0.2) is 52.2 Å². The normalized spacial score (nSPS) is 20.7. The van der Waals surface area contributed by atoms with Gasteiger partial charge in [0.25, 0.3) is 15.9 Å². The van der Waals surface area contributed by atoms with Crippen molar-refractivity contribution in [3.8, 4) is 0 Å².